The van der Waals surface area contributed by atoms with Crippen molar-refractivity contribution in [2.24, 2.45) is 0 Å². The topological polar surface area (TPSA) is 53.1 Å². The average Bonchev–Trinajstić information content (AvgIpc) is 2.54. The number of H-pyrrole nitrogens is 1. The highest BCUT2D eigenvalue weighted by atomic mass is 79.9. The van der Waals surface area contributed by atoms with Crippen LogP contribution in [0.2, 0.25) is 0 Å². The molecule has 3 nitrogen and oxygen atoms in total. The number of hydrogen-bond acceptors (Lipinski definition) is 1. The normalized spacial score (nSPS) is 12.0. The zero-order valence-electron chi connectivity index (χ0n) is 8.10. The first-order valence-corrected chi connectivity index (χ1v) is 5.21. The molecule has 1 aromatic heterocycles. The summed E-state index contributed by atoms with van der Waals surface area (Å²) in [5, 5.41) is 9.00. The molecule has 2 N–H and O–H groups in total. The molecule has 0 saturated carbocycles. The average molecular weight is 308 g/mol. The second-order valence-corrected chi connectivity index (χ2v) is 4.17. The summed E-state index contributed by atoms with van der Waals surface area (Å²) in [6, 6.07) is 3.01. The van der Waals surface area contributed by atoms with E-state index >= 15 is 0 Å². The third-order valence-corrected chi connectivity index (χ3v) is 3.10. The summed E-state index contributed by atoms with van der Waals surface area (Å²) < 4.78 is 37.5. The fraction of sp³-hybridized carbons (Fsp3) is 0.100. The lowest BCUT2D eigenvalue weighted by atomic mass is 10.1. The predicted octanol–water partition coefficient (Wildman–Crippen LogP) is 3.65. The number of hydrogen-bond donors (Lipinski definition) is 2. The maximum atomic E-state index is 12.5. The van der Waals surface area contributed by atoms with Crippen molar-refractivity contribution in [2.75, 3.05) is 0 Å². The number of halogens is 4. The van der Waals surface area contributed by atoms with Crippen LogP contribution >= 0.6 is 15.9 Å². The van der Waals surface area contributed by atoms with E-state index in [-0.39, 0.29) is 15.6 Å². The van der Waals surface area contributed by atoms with Crippen LogP contribution in [0.1, 0.15) is 16.1 Å². The lowest BCUT2D eigenvalue weighted by Crippen LogP contribution is -2.03. The summed E-state index contributed by atoms with van der Waals surface area (Å²) in [5.74, 6) is -1.23. The van der Waals surface area contributed by atoms with Crippen LogP contribution in [-0.2, 0) is 6.18 Å². The van der Waals surface area contributed by atoms with Gasteiger partial charge in [-0.3, -0.25) is 0 Å². The smallest absolute Gasteiger partial charge is 0.416 e. The number of nitrogens with one attached hydrogen (secondary N) is 1. The summed E-state index contributed by atoms with van der Waals surface area (Å²) in [7, 11) is 0. The number of carboxylic acid groups (broad SMARTS) is 1. The first-order valence-electron chi connectivity index (χ1n) is 4.42. The number of carbonyl (C=O) groups is 1. The fourth-order valence-electron chi connectivity index (χ4n) is 1.48. The molecule has 0 aliphatic carbocycles. The minimum Gasteiger partial charge on any atom is -0.477 e. The minimum atomic E-state index is -4.45. The molecule has 0 aliphatic heterocycles. The van der Waals surface area contributed by atoms with Crippen molar-refractivity contribution in [2.45, 2.75) is 6.18 Å². The highest BCUT2D eigenvalue weighted by molar-refractivity contribution is 9.10. The van der Waals surface area contributed by atoms with Gasteiger partial charge < -0.3 is 10.1 Å². The van der Waals surface area contributed by atoms with Gasteiger partial charge in [0, 0.05) is 10.9 Å². The Kier molecular flexibility index (Phi) is 2.65. The largest absolute Gasteiger partial charge is 0.477 e. The molecule has 0 saturated heterocycles. The van der Waals surface area contributed by atoms with Crippen LogP contribution in [0.3, 0.4) is 0 Å². The van der Waals surface area contributed by atoms with Crippen LogP contribution < -0.4 is 0 Å². The van der Waals surface area contributed by atoms with Crippen LogP contribution in [0.5, 0.6) is 0 Å². The minimum absolute atomic E-state index is 0.117. The molecule has 0 fully saturated rings. The van der Waals surface area contributed by atoms with Crippen molar-refractivity contribution >= 4 is 32.8 Å². The molecule has 0 bridgehead atoms. The zero-order valence-corrected chi connectivity index (χ0v) is 9.69. The number of aromatic nitrogens is 1. The Balaban J connectivity index is 2.70. The van der Waals surface area contributed by atoms with Crippen molar-refractivity contribution in [3.05, 3.63) is 33.9 Å². The Bertz CT molecular complexity index is 603. The number of aromatic carboxylic acids is 1. The molecule has 7 heteroatoms. The third kappa shape index (κ3) is 2.02. The van der Waals surface area contributed by atoms with Gasteiger partial charge in [0.25, 0.3) is 0 Å². The van der Waals surface area contributed by atoms with Crippen molar-refractivity contribution in [3.63, 3.8) is 0 Å². The summed E-state index contributed by atoms with van der Waals surface area (Å²) >= 11 is 2.97. The molecule has 17 heavy (non-hydrogen) atoms. The third-order valence-electron chi connectivity index (χ3n) is 2.28. The maximum absolute atomic E-state index is 12.5. The first-order chi connectivity index (χ1) is 7.80. The van der Waals surface area contributed by atoms with E-state index in [2.05, 4.69) is 20.9 Å². The number of rotatable bonds is 1. The van der Waals surface area contributed by atoms with E-state index in [4.69, 9.17) is 5.11 Å². The quantitative estimate of drug-likeness (QED) is 0.845. The van der Waals surface area contributed by atoms with E-state index in [0.717, 1.165) is 12.1 Å². The van der Waals surface area contributed by atoms with E-state index in [1.165, 1.54) is 6.07 Å². The fourth-order valence-corrected chi connectivity index (χ4v) is 2.08. The molecule has 2 rings (SSSR count). The van der Waals surface area contributed by atoms with Crippen LogP contribution in [0.25, 0.3) is 10.9 Å². The Morgan fingerprint density at radius 3 is 2.53 bits per heavy atom. The monoisotopic (exact) mass is 307 g/mol. The molecule has 0 radical (unpaired) electrons. The summed E-state index contributed by atoms with van der Waals surface area (Å²) in [6.45, 7) is 0. The molecule has 1 aromatic carbocycles. The molecule has 0 atom stereocenters. The molecule has 0 unspecified atom stereocenters. The van der Waals surface area contributed by atoms with Gasteiger partial charge in [-0.25, -0.2) is 4.79 Å². The molecule has 0 aliphatic rings. The van der Waals surface area contributed by atoms with Crippen LogP contribution in [0, 0.1) is 0 Å². The van der Waals surface area contributed by atoms with Gasteiger partial charge in [-0.15, -0.1) is 0 Å². The predicted molar refractivity (Wildman–Crippen MR) is 58.0 cm³/mol. The lowest BCUT2D eigenvalue weighted by molar-refractivity contribution is -0.137. The van der Waals surface area contributed by atoms with Crippen molar-refractivity contribution < 1.29 is 23.1 Å². The molecule has 2 aromatic rings. The molecule has 0 spiro atoms. The van der Waals surface area contributed by atoms with Gasteiger partial charge in [0.2, 0.25) is 0 Å². The van der Waals surface area contributed by atoms with E-state index < -0.39 is 17.7 Å². The highest BCUT2D eigenvalue weighted by Gasteiger charge is 2.31. The second kappa shape index (κ2) is 3.76. The van der Waals surface area contributed by atoms with Gasteiger partial charge in [0.1, 0.15) is 5.69 Å². The number of fused-ring (bicyclic) bond motifs is 1. The van der Waals surface area contributed by atoms with Gasteiger partial charge >= 0.3 is 12.1 Å². The van der Waals surface area contributed by atoms with Crippen LogP contribution in [-0.4, -0.2) is 16.1 Å². The summed E-state index contributed by atoms with van der Waals surface area (Å²) in [5.41, 5.74) is -0.650. The van der Waals surface area contributed by atoms with Crippen LogP contribution in [0.4, 0.5) is 13.2 Å². The maximum Gasteiger partial charge on any atom is 0.416 e. The summed E-state index contributed by atoms with van der Waals surface area (Å²) in [4.78, 5) is 13.3. The number of carboxylic acids is 1. The lowest BCUT2D eigenvalue weighted by Gasteiger charge is -2.05. The van der Waals surface area contributed by atoms with Gasteiger partial charge in [0.15, 0.2) is 0 Å². The van der Waals surface area contributed by atoms with Crippen molar-refractivity contribution in [1.29, 1.82) is 0 Å². The van der Waals surface area contributed by atoms with Gasteiger partial charge in [-0.2, -0.15) is 13.2 Å². The van der Waals surface area contributed by atoms with Crippen molar-refractivity contribution in [1.82, 2.24) is 4.98 Å². The first kappa shape index (κ1) is 12.0. The van der Waals surface area contributed by atoms with Gasteiger partial charge in [-0.1, -0.05) is 0 Å². The number of alkyl halides is 3. The second-order valence-electron chi connectivity index (χ2n) is 3.38. The molecule has 90 valence electrons. The van der Waals surface area contributed by atoms with E-state index in [9.17, 15) is 18.0 Å². The molecule has 0 amide bonds. The Morgan fingerprint density at radius 2 is 2.00 bits per heavy atom. The van der Waals surface area contributed by atoms with Gasteiger partial charge in [0.05, 0.1) is 10.0 Å². The van der Waals surface area contributed by atoms with E-state index in [1.54, 1.807) is 0 Å². The molecular weight excluding hydrogens is 303 g/mol. The zero-order chi connectivity index (χ0) is 12.8. The number of benzene rings is 1. The highest BCUT2D eigenvalue weighted by Crippen LogP contribution is 2.34. The summed E-state index contributed by atoms with van der Waals surface area (Å²) in [6.07, 6.45) is -4.45. The van der Waals surface area contributed by atoms with Gasteiger partial charge in [-0.05, 0) is 34.1 Å². The standard InChI is InChI=1S/C10H5BrF3NO2/c11-7-5-3-4(10(12,13)14)1-2-6(5)15-8(7)9(16)17/h1-3,15H,(H,16,17). The van der Waals surface area contributed by atoms with Crippen molar-refractivity contribution in [3.8, 4) is 0 Å². The Morgan fingerprint density at radius 1 is 1.35 bits per heavy atom. The van der Waals surface area contributed by atoms with E-state index in [1.807, 2.05) is 0 Å². The molecule has 1 heterocycles. The van der Waals surface area contributed by atoms with E-state index in [0.29, 0.717) is 5.52 Å². The number of aromatic amines is 1. The SMILES string of the molecule is O=C(O)c1[nH]c2ccc(C(F)(F)F)cc2c1Br. The Hall–Kier alpha value is -1.50. The Labute approximate surface area is 101 Å². The van der Waals surface area contributed by atoms with Crippen LogP contribution in [0.15, 0.2) is 22.7 Å². The molecular formula is C10H5BrF3NO2.